The van der Waals surface area contributed by atoms with Gasteiger partial charge in [0.2, 0.25) is 0 Å². The second-order valence-electron chi connectivity index (χ2n) is 3.63. The number of carbonyl (C=O) groups is 1. The Labute approximate surface area is 99.3 Å². The van der Waals surface area contributed by atoms with E-state index in [0.717, 1.165) is 12.7 Å². The Hall–Kier alpha value is -1.43. The molecule has 0 fully saturated rings. The van der Waals surface area contributed by atoms with Crippen LogP contribution in [-0.4, -0.2) is 41.1 Å². The van der Waals surface area contributed by atoms with E-state index in [1.165, 1.54) is 0 Å². The van der Waals surface area contributed by atoms with Crippen molar-refractivity contribution in [3.63, 3.8) is 0 Å². The molecule has 0 radical (unpaired) electrons. The van der Waals surface area contributed by atoms with Gasteiger partial charge in [0.05, 0.1) is 7.11 Å². The smallest absolute Gasteiger partial charge is 0.337 e. The summed E-state index contributed by atoms with van der Waals surface area (Å²) in [5.74, 6) is -0.878. The molecule has 1 aromatic carbocycles. The van der Waals surface area contributed by atoms with Crippen molar-refractivity contribution in [1.82, 2.24) is 0 Å². The molecule has 17 heavy (non-hydrogen) atoms. The van der Waals surface area contributed by atoms with Gasteiger partial charge in [-0.3, -0.25) is 0 Å². The van der Waals surface area contributed by atoms with Gasteiger partial charge in [-0.15, -0.1) is 0 Å². The van der Waals surface area contributed by atoms with E-state index in [0.29, 0.717) is 12.0 Å². The van der Waals surface area contributed by atoms with Gasteiger partial charge < -0.3 is 20.1 Å². The first-order chi connectivity index (χ1) is 8.10. The van der Waals surface area contributed by atoms with Crippen molar-refractivity contribution in [3.8, 4) is 0 Å². The fourth-order valence-corrected chi connectivity index (χ4v) is 1.44. The van der Waals surface area contributed by atoms with Gasteiger partial charge in [0, 0.05) is 6.61 Å². The predicted molar refractivity (Wildman–Crippen MR) is 60.2 cm³/mol. The molecule has 1 rings (SSSR count). The van der Waals surface area contributed by atoms with Gasteiger partial charge in [-0.05, 0) is 17.5 Å². The molecule has 0 spiro atoms. The molecule has 5 nitrogen and oxygen atoms in total. The van der Waals surface area contributed by atoms with Gasteiger partial charge in [0.15, 0.2) is 6.10 Å². The summed E-state index contributed by atoms with van der Waals surface area (Å²) in [5.41, 5.74) is 1.33. The van der Waals surface area contributed by atoms with Gasteiger partial charge in [-0.2, -0.15) is 0 Å². The van der Waals surface area contributed by atoms with Crippen LogP contribution in [0.15, 0.2) is 24.3 Å². The average Bonchev–Trinajstić information content (AvgIpc) is 2.37. The maximum atomic E-state index is 11.0. The predicted octanol–water partition coefficient (Wildman–Crippen LogP) is -0.211. The summed E-state index contributed by atoms with van der Waals surface area (Å²) in [7, 11) is 1.14. The summed E-state index contributed by atoms with van der Waals surface area (Å²) in [5, 5.41) is 27.9. The van der Waals surface area contributed by atoms with Crippen LogP contribution in [0, 0.1) is 0 Å². The fourth-order valence-electron chi connectivity index (χ4n) is 1.44. The van der Waals surface area contributed by atoms with Crippen molar-refractivity contribution < 1.29 is 24.9 Å². The second kappa shape index (κ2) is 6.34. The Balaban J connectivity index is 2.75. The molecule has 2 atom stereocenters. The topological polar surface area (TPSA) is 87.0 Å². The second-order valence-corrected chi connectivity index (χ2v) is 3.63. The molecule has 0 aliphatic heterocycles. The summed E-state index contributed by atoms with van der Waals surface area (Å²) in [4.78, 5) is 11.0. The molecular formula is C12H16O5. The molecule has 1 aromatic rings. The number of carbonyl (C=O) groups excluding carboxylic acids is 1. The largest absolute Gasteiger partial charge is 0.467 e. The fraction of sp³-hybridized carbons (Fsp3) is 0.417. The van der Waals surface area contributed by atoms with Crippen LogP contribution >= 0.6 is 0 Å². The van der Waals surface area contributed by atoms with E-state index >= 15 is 0 Å². The van der Waals surface area contributed by atoms with Crippen molar-refractivity contribution in [2.24, 2.45) is 0 Å². The lowest BCUT2D eigenvalue weighted by Gasteiger charge is -2.16. The Morgan fingerprint density at radius 3 is 2.35 bits per heavy atom. The van der Waals surface area contributed by atoms with Crippen LogP contribution in [0.25, 0.3) is 0 Å². The molecule has 2 unspecified atom stereocenters. The first-order valence-electron chi connectivity index (χ1n) is 5.23. The highest BCUT2D eigenvalue weighted by Gasteiger charge is 2.26. The maximum Gasteiger partial charge on any atom is 0.337 e. The monoisotopic (exact) mass is 240 g/mol. The molecule has 0 amide bonds. The van der Waals surface area contributed by atoms with Gasteiger partial charge >= 0.3 is 5.97 Å². The van der Waals surface area contributed by atoms with Crippen molar-refractivity contribution in [2.45, 2.75) is 18.6 Å². The maximum absolute atomic E-state index is 11.0. The molecule has 0 saturated heterocycles. The van der Waals surface area contributed by atoms with Gasteiger partial charge in [-0.1, -0.05) is 24.3 Å². The van der Waals surface area contributed by atoms with Gasteiger partial charge in [0.1, 0.15) is 6.10 Å². The summed E-state index contributed by atoms with van der Waals surface area (Å²) in [6, 6.07) is 6.64. The summed E-state index contributed by atoms with van der Waals surface area (Å²) < 4.78 is 4.33. The van der Waals surface area contributed by atoms with E-state index in [1.807, 2.05) is 0 Å². The molecule has 5 heteroatoms. The van der Waals surface area contributed by atoms with Crippen molar-refractivity contribution in [3.05, 3.63) is 35.4 Å². The summed E-state index contributed by atoms with van der Waals surface area (Å²) in [6.45, 7) is 0.0483. The number of rotatable bonds is 5. The normalized spacial score (nSPS) is 14.1. The third-order valence-electron chi connectivity index (χ3n) is 2.46. The first-order valence-corrected chi connectivity index (χ1v) is 5.23. The van der Waals surface area contributed by atoms with Crippen LogP contribution in [0.1, 0.15) is 17.2 Å². The van der Waals surface area contributed by atoms with Crippen LogP contribution in [0.4, 0.5) is 0 Å². The number of aliphatic hydroxyl groups excluding tert-OH is 3. The van der Waals surface area contributed by atoms with E-state index in [9.17, 15) is 15.0 Å². The van der Waals surface area contributed by atoms with Crippen LogP contribution in [0.3, 0.4) is 0 Å². The zero-order valence-corrected chi connectivity index (χ0v) is 9.54. The zero-order chi connectivity index (χ0) is 12.8. The minimum atomic E-state index is -1.59. The molecule has 0 heterocycles. The minimum Gasteiger partial charge on any atom is -0.467 e. The standard InChI is InChI=1S/C12H16O5/c1-17-12(16)11(15)10(14)9-4-2-8(3-5-9)6-7-13/h2-5,10-11,13-15H,6-7H2,1H3. The number of esters is 1. The van der Waals surface area contributed by atoms with Crippen molar-refractivity contribution >= 4 is 5.97 Å². The van der Waals surface area contributed by atoms with Crippen LogP contribution in [0.5, 0.6) is 0 Å². The highest BCUT2D eigenvalue weighted by Crippen LogP contribution is 2.18. The lowest BCUT2D eigenvalue weighted by atomic mass is 10.0. The molecular weight excluding hydrogens is 224 g/mol. The Morgan fingerprint density at radius 2 is 1.88 bits per heavy atom. The number of methoxy groups -OCH3 is 1. The number of aliphatic hydroxyl groups is 3. The van der Waals surface area contributed by atoms with E-state index in [1.54, 1.807) is 24.3 Å². The van der Waals surface area contributed by atoms with E-state index in [4.69, 9.17) is 5.11 Å². The summed E-state index contributed by atoms with van der Waals surface area (Å²) in [6.07, 6.45) is -2.38. The Kier molecular flexibility index (Phi) is 5.09. The van der Waals surface area contributed by atoms with E-state index < -0.39 is 18.2 Å². The van der Waals surface area contributed by atoms with E-state index in [2.05, 4.69) is 4.74 Å². The van der Waals surface area contributed by atoms with Crippen molar-refractivity contribution in [2.75, 3.05) is 13.7 Å². The van der Waals surface area contributed by atoms with Crippen molar-refractivity contribution in [1.29, 1.82) is 0 Å². The van der Waals surface area contributed by atoms with E-state index in [-0.39, 0.29) is 6.61 Å². The molecule has 0 aromatic heterocycles. The molecule has 3 N–H and O–H groups in total. The highest BCUT2D eigenvalue weighted by atomic mass is 16.5. The Bertz CT molecular complexity index is 360. The molecule has 0 aliphatic carbocycles. The highest BCUT2D eigenvalue weighted by molar-refractivity contribution is 5.75. The first kappa shape index (κ1) is 13.6. The number of benzene rings is 1. The third-order valence-corrected chi connectivity index (χ3v) is 2.46. The number of hydrogen-bond acceptors (Lipinski definition) is 5. The molecule has 94 valence electrons. The van der Waals surface area contributed by atoms with Crippen LogP contribution in [-0.2, 0) is 16.0 Å². The minimum absolute atomic E-state index is 0.0483. The zero-order valence-electron chi connectivity index (χ0n) is 9.54. The lowest BCUT2D eigenvalue weighted by molar-refractivity contribution is -0.156. The average molecular weight is 240 g/mol. The quantitative estimate of drug-likeness (QED) is 0.620. The molecule has 0 aliphatic rings. The summed E-state index contributed by atoms with van der Waals surface area (Å²) >= 11 is 0. The Morgan fingerprint density at radius 1 is 1.29 bits per heavy atom. The number of hydrogen-bond donors (Lipinski definition) is 3. The lowest BCUT2D eigenvalue weighted by Crippen LogP contribution is -2.29. The van der Waals surface area contributed by atoms with Gasteiger partial charge in [-0.25, -0.2) is 4.79 Å². The van der Waals surface area contributed by atoms with Crippen LogP contribution in [0.2, 0.25) is 0 Å². The molecule has 0 saturated carbocycles. The molecule has 0 bridgehead atoms. The van der Waals surface area contributed by atoms with Crippen LogP contribution < -0.4 is 0 Å². The SMILES string of the molecule is COC(=O)C(O)C(O)c1ccc(CCO)cc1. The van der Waals surface area contributed by atoms with Gasteiger partial charge in [0.25, 0.3) is 0 Å². The third kappa shape index (κ3) is 3.52. The number of ether oxygens (including phenoxy) is 1.